The summed E-state index contributed by atoms with van der Waals surface area (Å²) in [6.45, 7) is 0. The standard InChI is InChI=1S/C5H4NO2/c7-6-4-5-2-1-3-8-5/h1-4H/b6-4+. The van der Waals surface area contributed by atoms with Crippen molar-refractivity contribution in [3.8, 4) is 0 Å². The number of furan rings is 1. The average Bonchev–Trinajstić information content (AvgIpc) is 2.19. The second-order valence-electron chi connectivity index (χ2n) is 1.25. The van der Waals surface area contributed by atoms with Crippen LogP contribution >= 0.6 is 0 Å². The number of nitrogens with zero attached hydrogens (tertiary/aromatic N) is 1. The van der Waals surface area contributed by atoms with Gasteiger partial charge in [-0.25, -0.2) is 0 Å². The first kappa shape index (κ1) is 4.90. The molecule has 1 radical (unpaired) electrons. The molecular weight excluding hydrogens is 106 g/mol. The quantitative estimate of drug-likeness (QED) is 0.393. The van der Waals surface area contributed by atoms with Gasteiger partial charge in [0, 0.05) is 0 Å². The lowest BCUT2D eigenvalue weighted by Crippen LogP contribution is -1.69. The Bertz CT molecular complexity index is 167. The molecule has 1 rings (SSSR count). The minimum absolute atomic E-state index is 0.486. The monoisotopic (exact) mass is 110 g/mol. The Morgan fingerprint density at radius 2 is 2.62 bits per heavy atom. The van der Waals surface area contributed by atoms with Crippen LogP contribution in [0.2, 0.25) is 0 Å². The summed E-state index contributed by atoms with van der Waals surface area (Å²) >= 11 is 0. The fourth-order valence-electron chi connectivity index (χ4n) is 0.417. The summed E-state index contributed by atoms with van der Waals surface area (Å²) in [5, 5.41) is 12.0. The first-order valence-electron chi connectivity index (χ1n) is 2.12. The Kier molecular flexibility index (Phi) is 1.32. The van der Waals surface area contributed by atoms with Crippen LogP contribution in [-0.2, 0) is 5.21 Å². The number of hydrogen-bond donors (Lipinski definition) is 0. The highest BCUT2D eigenvalue weighted by molar-refractivity contribution is 5.74. The summed E-state index contributed by atoms with van der Waals surface area (Å²) in [5.74, 6) is 0.486. The summed E-state index contributed by atoms with van der Waals surface area (Å²) in [5.41, 5.74) is 0. The van der Waals surface area contributed by atoms with E-state index in [0.717, 1.165) is 6.21 Å². The Balaban J connectivity index is 2.77. The Morgan fingerprint density at radius 1 is 1.75 bits per heavy atom. The van der Waals surface area contributed by atoms with Crippen LogP contribution < -0.4 is 0 Å². The van der Waals surface area contributed by atoms with E-state index >= 15 is 0 Å². The Morgan fingerprint density at radius 3 is 3.12 bits per heavy atom. The molecule has 0 amide bonds. The van der Waals surface area contributed by atoms with Crippen LogP contribution in [0.4, 0.5) is 0 Å². The molecule has 0 fully saturated rings. The fourth-order valence-corrected chi connectivity index (χ4v) is 0.417. The molecule has 0 aliphatic carbocycles. The topological polar surface area (TPSA) is 45.4 Å². The number of rotatable bonds is 1. The van der Waals surface area contributed by atoms with E-state index < -0.39 is 0 Å². The Hall–Kier alpha value is -1.25. The third-order valence-corrected chi connectivity index (χ3v) is 0.723. The third kappa shape index (κ3) is 0.872. The molecule has 0 spiro atoms. The lowest BCUT2D eigenvalue weighted by molar-refractivity contribution is 0.211. The van der Waals surface area contributed by atoms with E-state index in [2.05, 4.69) is 5.16 Å². The minimum Gasteiger partial charge on any atom is -0.463 e. The van der Waals surface area contributed by atoms with E-state index in [1.807, 2.05) is 0 Å². The third-order valence-electron chi connectivity index (χ3n) is 0.723. The van der Waals surface area contributed by atoms with E-state index in [4.69, 9.17) is 4.42 Å². The molecule has 41 valence electrons. The van der Waals surface area contributed by atoms with Crippen LogP contribution in [0.5, 0.6) is 0 Å². The van der Waals surface area contributed by atoms with Gasteiger partial charge in [0.2, 0.25) is 0 Å². The molecular formula is C5H4NO2. The zero-order valence-corrected chi connectivity index (χ0v) is 4.07. The maximum absolute atomic E-state index is 9.51. The number of hydrogen-bond acceptors (Lipinski definition) is 2. The van der Waals surface area contributed by atoms with Gasteiger partial charge in [0.05, 0.1) is 6.26 Å². The van der Waals surface area contributed by atoms with Crippen molar-refractivity contribution < 1.29 is 9.62 Å². The summed E-state index contributed by atoms with van der Waals surface area (Å²) in [4.78, 5) is 0. The van der Waals surface area contributed by atoms with Crippen molar-refractivity contribution in [2.75, 3.05) is 0 Å². The van der Waals surface area contributed by atoms with Gasteiger partial charge in [-0.3, -0.25) is 0 Å². The second-order valence-corrected chi connectivity index (χ2v) is 1.25. The smallest absolute Gasteiger partial charge is 0.148 e. The zero-order valence-electron chi connectivity index (χ0n) is 4.07. The summed E-state index contributed by atoms with van der Waals surface area (Å²) in [6, 6.07) is 3.35. The van der Waals surface area contributed by atoms with Crippen LogP contribution in [0, 0.1) is 0 Å². The highest BCUT2D eigenvalue weighted by Gasteiger charge is 1.85. The summed E-state index contributed by atoms with van der Waals surface area (Å²) < 4.78 is 4.72. The van der Waals surface area contributed by atoms with Crippen LogP contribution in [0.1, 0.15) is 5.76 Å². The molecule has 3 nitrogen and oxygen atoms in total. The highest BCUT2D eigenvalue weighted by atomic mass is 16.4. The van der Waals surface area contributed by atoms with Crippen molar-refractivity contribution in [2.24, 2.45) is 5.16 Å². The van der Waals surface area contributed by atoms with Crippen LogP contribution in [0.15, 0.2) is 28.0 Å². The molecule has 1 aromatic rings. The maximum Gasteiger partial charge on any atom is 0.148 e. The normalized spacial score (nSPS) is 10.5. The molecule has 0 N–H and O–H groups in total. The molecule has 0 saturated carbocycles. The highest BCUT2D eigenvalue weighted by Crippen LogP contribution is 1.93. The molecule has 0 saturated heterocycles. The lowest BCUT2D eigenvalue weighted by atomic mass is 10.5. The summed E-state index contributed by atoms with van der Waals surface area (Å²) in [6.07, 6.45) is 2.59. The van der Waals surface area contributed by atoms with E-state index in [9.17, 15) is 5.21 Å². The van der Waals surface area contributed by atoms with Gasteiger partial charge in [-0.1, -0.05) is 0 Å². The molecule has 1 aromatic heterocycles. The van der Waals surface area contributed by atoms with Gasteiger partial charge >= 0.3 is 0 Å². The zero-order chi connectivity index (χ0) is 5.82. The van der Waals surface area contributed by atoms with Gasteiger partial charge in [0.15, 0.2) is 0 Å². The van der Waals surface area contributed by atoms with Gasteiger partial charge < -0.3 is 4.42 Å². The first-order chi connectivity index (χ1) is 3.93. The molecule has 0 aliphatic heterocycles. The van der Waals surface area contributed by atoms with Crippen molar-refractivity contribution in [1.29, 1.82) is 0 Å². The van der Waals surface area contributed by atoms with Crippen LogP contribution in [0.3, 0.4) is 0 Å². The van der Waals surface area contributed by atoms with Crippen molar-refractivity contribution in [3.05, 3.63) is 24.2 Å². The van der Waals surface area contributed by atoms with Crippen LogP contribution in [-0.4, -0.2) is 6.21 Å². The van der Waals surface area contributed by atoms with Crippen molar-refractivity contribution >= 4 is 6.21 Å². The maximum atomic E-state index is 9.51. The van der Waals surface area contributed by atoms with E-state index in [-0.39, 0.29) is 0 Å². The minimum atomic E-state index is 0.486. The fraction of sp³-hybridized carbons (Fsp3) is 0. The Labute approximate surface area is 46.2 Å². The van der Waals surface area contributed by atoms with Crippen LogP contribution in [0.25, 0.3) is 0 Å². The summed E-state index contributed by atoms with van der Waals surface area (Å²) in [7, 11) is 0. The molecule has 0 unspecified atom stereocenters. The van der Waals surface area contributed by atoms with Gasteiger partial charge in [0.25, 0.3) is 0 Å². The second kappa shape index (κ2) is 2.16. The average molecular weight is 110 g/mol. The SMILES string of the molecule is [O]/N=C/c1ccco1. The predicted molar refractivity (Wildman–Crippen MR) is 27.0 cm³/mol. The van der Waals surface area contributed by atoms with Crippen molar-refractivity contribution in [1.82, 2.24) is 0 Å². The molecule has 0 aliphatic rings. The molecule has 0 aromatic carbocycles. The lowest BCUT2D eigenvalue weighted by Gasteiger charge is -1.72. The largest absolute Gasteiger partial charge is 0.463 e. The van der Waals surface area contributed by atoms with Gasteiger partial charge in [0.1, 0.15) is 12.0 Å². The van der Waals surface area contributed by atoms with Gasteiger partial charge in [-0.2, -0.15) is 0 Å². The molecule has 8 heavy (non-hydrogen) atoms. The first-order valence-corrected chi connectivity index (χ1v) is 2.12. The molecule has 1 heterocycles. The van der Waals surface area contributed by atoms with E-state index in [0.29, 0.717) is 5.76 Å². The van der Waals surface area contributed by atoms with E-state index in [1.165, 1.54) is 6.26 Å². The molecule has 3 heteroatoms. The molecule has 0 atom stereocenters. The predicted octanol–water partition coefficient (Wildman–Crippen LogP) is 1.04. The van der Waals surface area contributed by atoms with Gasteiger partial charge in [-0.05, 0) is 17.3 Å². The molecule has 0 bridgehead atoms. The van der Waals surface area contributed by atoms with Crippen molar-refractivity contribution in [3.63, 3.8) is 0 Å². The van der Waals surface area contributed by atoms with Crippen molar-refractivity contribution in [2.45, 2.75) is 0 Å². The van der Waals surface area contributed by atoms with E-state index in [1.54, 1.807) is 12.1 Å². The van der Waals surface area contributed by atoms with Gasteiger partial charge in [-0.15, -0.1) is 5.21 Å².